The van der Waals surface area contributed by atoms with Crippen LogP contribution in [0.15, 0.2) is 9.68 Å². The fourth-order valence-corrected chi connectivity index (χ4v) is 4.29. The van der Waals surface area contributed by atoms with Gasteiger partial charge in [0.15, 0.2) is 5.16 Å². The Labute approximate surface area is 158 Å². The molecule has 0 N–H and O–H groups in total. The van der Waals surface area contributed by atoms with Crippen molar-refractivity contribution in [3.8, 4) is 0 Å². The highest BCUT2D eigenvalue weighted by Crippen LogP contribution is 2.32. The quantitative estimate of drug-likeness (QED) is 0.711. The number of thioether (sulfide) groups is 1. The Morgan fingerprint density at radius 2 is 1.85 bits per heavy atom. The zero-order chi connectivity index (χ0) is 18.9. The van der Waals surface area contributed by atoms with E-state index in [1.54, 1.807) is 4.90 Å². The van der Waals surface area contributed by atoms with Crippen LogP contribution in [-0.2, 0) is 29.9 Å². The van der Waals surface area contributed by atoms with Crippen molar-refractivity contribution >= 4 is 17.7 Å². The third kappa shape index (κ3) is 4.23. The van der Waals surface area contributed by atoms with E-state index < -0.39 is 12.7 Å². The van der Waals surface area contributed by atoms with Crippen LogP contribution in [0.2, 0.25) is 0 Å². The standard InChI is InChI=1S/C16H20F3N5O2S/c17-16(18,19)10-24-14(23-5-7-25-8-6-23)20-21-15(24)27-9-12-11-3-1-2-4-13(11)26-22-12/h1-10H2. The highest BCUT2D eigenvalue weighted by atomic mass is 32.2. The monoisotopic (exact) mass is 403 g/mol. The number of alkyl halides is 3. The van der Waals surface area contributed by atoms with E-state index in [9.17, 15) is 13.2 Å². The maximum absolute atomic E-state index is 13.1. The third-order valence-electron chi connectivity index (χ3n) is 4.70. The Morgan fingerprint density at radius 3 is 2.63 bits per heavy atom. The van der Waals surface area contributed by atoms with Crippen molar-refractivity contribution < 1.29 is 22.4 Å². The highest BCUT2D eigenvalue weighted by Gasteiger charge is 2.33. The minimum atomic E-state index is -4.36. The van der Waals surface area contributed by atoms with Crippen molar-refractivity contribution in [3.63, 3.8) is 0 Å². The lowest BCUT2D eigenvalue weighted by atomic mass is 9.97. The van der Waals surface area contributed by atoms with E-state index in [0.29, 0.717) is 32.1 Å². The van der Waals surface area contributed by atoms with Crippen LogP contribution in [0.25, 0.3) is 0 Å². The van der Waals surface area contributed by atoms with Crippen molar-refractivity contribution in [2.45, 2.75) is 49.3 Å². The summed E-state index contributed by atoms with van der Waals surface area (Å²) in [6.45, 7) is 0.805. The second-order valence-corrected chi connectivity index (χ2v) is 7.55. The van der Waals surface area contributed by atoms with Crippen LogP contribution in [-0.4, -0.2) is 52.4 Å². The van der Waals surface area contributed by atoms with Crippen molar-refractivity contribution in [2.75, 3.05) is 31.2 Å². The highest BCUT2D eigenvalue weighted by molar-refractivity contribution is 7.98. The van der Waals surface area contributed by atoms with Crippen LogP contribution in [0.5, 0.6) is 0 Å². The maximum Gasteiger partial charge on any atom is 0.406 e. The van der Waals surface area contributed by atoms with Gasteiger partial charge in [0.1, 0.15) is 12.3 Å². The molecule has 0 aromatic carbocycles. The molecular formula is C16H20F3N5O2S. The predicted octanol–water partition coefficient (Wildman–Crippen LogP) is 2.84. The summed E-state index contributed by atoms with van der Waals surface area (Å²) in [6.07, 6.45) is -0.415. The van der Waals surface area contributed by atoms with E-state index in [-0.39, 0.29) is 11.1 Å². The molecule has 2 aromatic heterocycles. The zero-order valence-electron chi connectivity index (χ0n) is 14.7. The molecule has 3 heterocycles. The van der Waals surface area contributed by atoms with E-state index in [1.165, 1.54) is 11.8 Å². The van der Waals surface area contributed by atoms with Gasteiger partial charge in [0, 0.05) is 30.8 Å². The van der Waals surface area contributed by atoms with Gasteiger partial charge in [0.2, 0.25) is 5.95 Å². The van der Waals surface area contributed by atoms with E-state index in [2.05, 4.69) is 15.4 Å². The Bertz CT molecular complexity index is 786. The molecule has 0 amide bonds. The number of ether oxygens (including phenoxy) is 1. The molecule has 4 rings (SSSR count). The van der Waals surface area contributed by atoms with E-state index in [4.69, 9.17) is 9.26 Å². The average Bonchev–Trinajstić information content (AvgIpc) is 3.23. The molecule has 1 saturated heterocycles. The fraction of sp³-hybridized carbons (Fsp3) is 0.688. The summed E-state index contributed by atoms with van der Waals surface area (Å²) in [4.78, 5) is 1.78. The van der Waals surface area contributed by atoms with Crippen molar-refractivity contribution in [1.29, 1.82) is 0 Å². The van der Waals surface area contributed by atoms with Crippen molar-refractivity contribution in [3.05, 3.63) is 17.0 Å². The lowest BCUT2D eigenvalue weighted by Gasteiger charge is -2.28. The fourth-order valence-electron chi connectivity index (χ4n) is 3.40. The number of fused-ring (bicyclic) bond motifs is 1. The molecule has 2 aliphatic rings. The number of hydrogen-bond acceptors (Lipinski definition) is 7. The molecule has 11 heteroatoms. The van der Waals surface area contributed by atoms with Crippen LogP contribution in [0.3, 0.4) is 0 Å². The average molecular weight is 403 g/mol. The molecule has 0 bridgehead atoms. The summed E-state index contributed by atoms with van der Waals surface area (Å²) in [5.41, 5.74) is 1.90. The Balaban J connectivity index is 1.54. The summed E-state index contributed by atoms with van der Waals surface area (Å²) in [7, 11) is 0. The molecule has 0 spiro atoms. The lowest BCUT2D eigenvalue weighted by Crippen LogP contribution is -2.38. The van der Waals surface area contributed by atoms with Gasteiger partial charge in [-0.25, -0.2) is 0 Å². The molecule has 1 aliphatic carbocycles. The van der Waals surface area contributed by atoms with Crippen molar-refractivity contribution in [1.82, 2.24) is 19.9 Å². The van der Waals surface area contributed by atoms with Crippen LogP contribution < -0.4 is 4.90 Å². The van der Waals surface area contributed by atoms with Gasteiger partial charge in [-0.15, -0.1) is 10.2 Å². The first kappa shape index (κ1) is 18.6. The van der Waals surface area contributed by atoms with Crippen molar-refractivity contribution in [2.24, 2.45) is 0 Å². The van der Waals surface area contributed by atoms with Gasteiger partial charge < -0.3 is 14.2 Å². The number of aryl methyl sites for hydroxylation is 1. The molecule has 27 heavy (non-hydrogen) atoms. The molecular weight excluding hydrogens is 383 g/mol. The predicted molar refractivity (Wildman–Crippen MR) is 91.8 cm³/mol. The SMILES string of the molecule is FC(F)(F)Cn1c(SCc2noc3c2CCCC3)nnc1N1CCOCC1. The number of anilines is 1. The normalized spacial score (nSPS) is 18.0. The van der Waals surface area contributed by atoms with Gasteiger partial charge in [0.05, 0.1) is 18.9 Å². The van der Waals surface area contributed by atoms with Gasteiger partial charge in [-0.2, -0.15) is 13.2 Å². The van der Waals surface area contributed by atoms with Gasteiger partial charge in [0.25, 0.3) is 0 Å². The first-order valence-corrected chi connectivity index (χ1v) is 9.91. The topological polar surface area (TPSA) is 69.2 Å². The Hall–Kier alpha value is -1.75. The molecule has 2 aromatic rings. The number of nitrogens with zero attached hydrogens (tertiary/aromatic N) is 5. The number of rotatable bonds is 5. The molecule has 0 atom stereocenters. The summed E-state index contributed by atoms with van der Waals surface area (Å²) >= 11 is 1.21. The number of hydrogen-bond donors (Lipinski definition) is 0. The minimum Gasteiger partial charge on any atom is -0.378 e. The van der Waals surface area contributed by atoms with Crippen LogP contribution in [0.4, 0.5) is 19.1 Å². The maximum atomic E-state index is 13.1. The van der Waals surface area contributed by atoms with Crippen LogP contribution in [0, 0.1) is 0 Å². The number of halogens is 3. The second-order valence-electron chi connectivity index (χ2n) is 6.61. The third-order valence-corrected chi connectivity index (χ3v) is 5.68. The lowest BCUT2D eigenvalue weighted by molar-refractivity contribution is -0.141. The first-order valence-electron chi connectivity index (χ1n) is 8.93. The molecule has 7 nitrogen and oxygen atoms in total. The van der Waals surface area contributed by atoms with Gasteiger partial charge >= 0.3 is 6.18 Å². The van der Waals surface area contributed by atoms with E-state index >= 15 is 0 Å². The molecule has 0 saturated carbocycles. The van der Waals surface area contributed by atoms with Gasteiger partial charge in [-0.3, -0.25) is 4.57 Å². The van der Waals surface area contributed by atoms with E-state index in [1.807, 2.05) is 0 Å². The number of morpholine rings is 1. The summed E-state index contributed by atoms with van der Waals surface area (Å²) in [6, 6.07) is 0. The smallest absolute Gasteiger partial charge is 0.378 e. The van der Waals surface area contributed by atoms with Crippen LogP contribution >= 0.6 is 11.8 Å². The molecule has 0 radical (unpaired) electrons. The molecule has 148 valence electrons. The minimum absolute atomic E-state index is 0.236. The van der Waals surface area contributed by atoms with Gasteiger partial charge in [-0.1, -0.05) is 16.9 Å². The van der Waals surface area contributed by atoms with E-state index in [0.717, 1.165) is 47.3 Å². The second kappa shape index (κ2) is 7.70. The largest absolute Gasteiger partial charge is 0.406 e. The van der Waals surface area contributed by atoms with Crippen LogP contribution in [0.1, 0.15) is 29.9 Å². The molecule has 1 fully saturated rings. The Morgan fingerprint density at radius 1 is 1.07 bits per heavy atom. The zero-order valence-corrected chi connectivity index (χ0v) is 15.5. The summed E-state index contributed by atoms with van der Waals surface area (Å²) in [5, 5.41) is 12.4. The number of aromatic nitrogens is 4. The summed E-state index contributed by atoms with van der Waals surface area (Å²) in [5.74, 6) is 1.56. The first-order chi connectivity index (χ1) is 13.0. The summed E-state index contributed by atoms with van der Waals surface area (Å²) < 4.78 is 51.2. The van der Waals surface area contributed by atoms with Gasteiger partial charge in [-0.05, 0) is 19.3 Å². The molecule has 1 aliphatic heterocycles. The molecule has 0 unspecified atom stereocenters. The Kier molecular flexibility index (Phi) is 5.31.